The second-order valence-corrected chi connectivity index (χ2v) is 8.03. The van der Waals surface area contributed by atoms with Crippen molar-refractivity contribution in [3.8, 4) is 0 Å². The third-order valence-electron chi connectivity index (χ3n) is 3.98. The van der Waals surface area contributed by atoms with Crippen molar-refractivity contribution in [2.24, 2.45) is 0 Å². The van der Waals surface area contributed by atoms with Crippen LogP contribution >= 0.6 is 23.1 Å². The van der Waals surface area contributed by atoms with Crippen molar-refractivity contribution in [3.63, 3.8) is 0 Å². The first-order valence-electron chi connectivity index (χ1n) is 9.11. The van der Waals surface area contributed by atoms with Gasteiger partial charge in [0.15, 0.2) is 5.16 Å². The van der Waals surface area contributed by atoms with Gasteiger partial charge in [-0.2, -0.15) is 0 Å². The summed E-state index contributed by atoms with van der Waals surface area (Å²) in [4.78, 5) is 39.9. The van der Waals surface area contributed by atoms with Gasteiger partial charge in [0, 0.05) is 33.2 Å². The maximum atomic E-state index is 12.8. The summed E-state index contributed by atoms with van der Waals surface area (Å²) in [7, 11) is 1.62. The fourth-order valence-corrected chi connectivity index (χ4v) is 4.21. The molecule has 0 saturated heterocycles. The Morgan fingerprint density at radius 1 is 1.32 bits per heavy atom. The maximum Gasteiger partial charge on any atom is 0.303 e. The van der Waals surface area contributed by atoms with Gasteiger partial charge in [-0.25, -0.2) is 4.98 Å². The quantitative estimate of drug-likeness (QED) is 0.287. The van der Waals surface area contributed by atoms with Crippen molar-refractivity contribution < 1.29 is 19.4 Å². The van der Waals surface area contributed by atoms with Crippen LogP contribution in [0.1, 0.15) is 32.1 Å². The average Bonchev–Trinajstić information content (AvgIpc) is 3.13. The van der Waals surface area contributed by atoms with E-state index in [1.165, 1.54) is 23.1 Å². The topological polar surface area (TPSA) is 111 Å². The minimum Gasteiger partial charge on any atom is -0.481 e. The lowest BCUT2D eigenvalue weighted by Crippen LogP contribution is -2.28. The van der Waals surface area contributed by atoms with Gasteiger partial charge in [-0.05, 0) is 30.7 Å². The van der Waals surface area contributed by atoms with E-state index in [0.29, 0.717) is 54.3 Å². The molecule has 0 aliphatic heterocycles. The van der Waals surface area contributed by atoms with Crippen LogP contribution in [0.25, 0.3) is 10.2 Å². The fourth-order valence-electron chi connectivity index (χ4n) is 2.58. The van der Waals surface area contributed by atoms with Gasteiger partial charge in [-0.1, -0.05) is 18.2 Å². The van der Waals surface area contributed by atoms with Gasteiger partial charge in [0.1, 0.15) is 4.70 Å². The number of nitrogens with zero attached hydrogens (tertiary/aromatic N) is 2. The summed E-state index contributed by atoms with van der Waals surface area (Å²) in [5.41, 5.74) is 0.529. The molecule has 0 atom stereocenters. The number of fused-ring (bicyclic) bond motifs is 1. The van der Waals surface area contributed by atoms with Crippen LogP contribution in [0.5, 0.6) is 0 Å². The molecule has 2 N–H and O–H groups in total. The van der Waals surface area contributed by atoms with Crippen LogP contribution < -0.4 is 10.9 Å². The van der Waals surface area contributed by atoms with Crippen molar-refractivity contribution in [2.75, 3.05) is 26.0 Å². The fraction of sp³-hybridized carbons (Fsp3) is 0.556. The first-order valence-corrected chi connectivity index (χ1v) is 11.0. The highest BCUT2D eigenvalue weighted by atomic mass is 32.2. The van der Waals surface area contributed by atoms with Gasteiger partial charge in [-0.15, -0.1) is 11.3 Å². The highest BCUT2D eigenvalue weighted by Gasteiger charge is 2.14. The molecule has 2 aromatic heterocycles. The smallest absolute Gasteiger partial charge is 0.303 e. The molecule has 0 fully saturated rings. The number of rotatable bonds is 13. The van der Waals surface area contributed by atoms with Crippen LogP contribution in [0.3, 0.4) is 0 Å². The van der Waals surface area contributed by atoms with E-state index in [2.05, 4.69) is 10.3 Å². The molecule has 0 saturated carbocycles. The molecule has 2 heterocycles. The number of carboxylic acids is 1. The van der Waals surface area contributed by atoms with Crippen molar-refractivity contribution in [1.82, 2.24) is 14.9 Å². The number of unbranched alkanes of at least 4 members (excludes halogenated alkanes) is 2. The lowest BCUT2D eigenvalue weighted by molar-refractivity contribution is -0.137. The Hall–Kier alpha value is -1.91. The summed E-state index contributed by atoms with van der Waals surface area (Å²) in [5, 5.41) is 13.9. The molecule has 0 bridgehead atoms. The van der Waals surface area contributed by atoms with Crippen molar-refractivity contribution in [3.05, 3.63) is 21.8 Å². The zero-order valence-electron chi connectivity index (χ0n) is 15.8. The Kier molecular flexibility index (Phi) is 9.45. The number of hydrogen-bond donors (Lipinski definition) is 2. The molecule has 154 valence electrons. The number of methoxy groups -OCH3 is 1. The molecule has 2 aromatic rings. The van der Waals surface area contributed by atoms with E-state index in [1.807, 2.05) is 5.38 Å². The molecule has 10 heteroatoms. The average molecular weight is 428 g/mol. The molecule has 0 aliphatic carbocycles. The van der Waals surface area contributed by atoms with Crippen LogP contribution in [0.4, 0.5) is 0 Å². The predicted molar refractivity (Wildman–Crippen MR) is 110 cm³/mol. The van der Waals surface area contributed by atoms with E-state index in [1.54, 1.807) is 17.7 Å². The molecule has 2 rings (SSSR count). The predicted octanol–water partition coefficient (Wildman–Crippen LogP) is 2.35. The summed E-state index contributed by atoms with van der Waals surface area (Å²) in [6.07, 6.45) is 2.84. The van der Waals surface area contributed by atoms with E-state index in [4.69, 9.17) is 9.84 Å². The number of hydrogen-bond acceptors (Lipinski definition) is 7. The van der Waals surface area contributed by atoms with Crippen molar-refractivity contribution in [2.45, 2.75) is 43.8 Å². The van der Waals surface area contributed by atoms with E-state index < -0.39 is 5.97 Å². The molecular formula is C18H25N3O5S2. The Labute approximate surface area is 171 Å². The molecule has 8 nitrogen and oxygen atoms in total. The number of carboxylic acid groups (broad SMARTS) is 1. The zero-order valence-corrected chi connectivity index (χ0v) is 17.4. The van der Waals surface area contributed by atoms with Gasteiger partial charge in [0.2, 0.25) is 5.91 Å². The van der Waals surface area contributed by atoms with E-state index in [0.717, 1.165) is 6.42 Å². The molecule has 0 aliphatic rings. The highest BCUT2D eigenvalue weighted by molar-refractivity contribution is 7.99. The molecule has 28 heavy (non-hydrogen) atoms. The number of thiophene rings is 1. The Bertz CT molecular complexity index is 849. The second kappa shape index (κ2) is 11.8. The molecule has 0 radical (unpaired) electrons. The Balaban J connectivity index is 2.00. The summed E-state index contributed by atoms with van der Waals surface area (Å²) >= 11 is 2.59. The van der Waals surface area contributed by atoms with Gasteiger partial charge in [0.25, 0.3) is 5.56 Å². The van der Waals surface area contributed by atoms with Gasteiger partial charge in [-0.3, -0.25) is 19.0 Å². The minimum absolute atomic E-state index is 0.110. The monoisotopic (exact) mass is 427 g/mol. The maximum absolute atomic E-state index is 12.8. The first kappa shape index (κ1) is 22.4. The third-order valence-corrected chi connectivity index (χ3v) is 5.85. The summed E-state index contributed by atoms with van der Waals surface area (Å²) in [6.45, 7) is 1.59. The van der Waals surface area contributed by atoms with Crippen LogP contribution in [0.2, 0.25) is 0 Å². The largest absolute Gasteiger partial charge is 0.481 e. The summed E-state index contributed by atoms with van der Waals surface area (Å²) < 4.78 is 7.14. The molecular weight excluding hydrogens is 402 g/mol. The Morgan fingerprint density at radius 3 is 2.89 bits per heavy atom. The van der Waals surface area contributed by atoms with Gasteiger partial charge >= 0.3 is 5.97 Å². The number of aromatic nitrogens is 2. The molecule has 0 spiro atoms. The Morgan fingerprint density at radius 2 is 2.14 bits per heavy atom. The third kappa shape index (κ3) is 6.92. The normalized spacial score (nSPS) is 11.0. The van der Waals surface area contributed by atoms with Crippen LogP contribution in [0, 0.1) is 0 Å². The second-order valence-electron chi connectivity index (χ2n) is 6.18. The van der Waals surface area contributed by atoms with Crippen molar-refractivity contribution in [1.29, 1.82) is 0 Å². The number of amides is 1. The number of carbonyl (C=O) groups excluding carboxylic acids is 1. The number of aliphatic carboxylic acids is 1. The lowest BCUT2D eigenvalue weighted by atomic mass is 10.2. The molecule has 0 unspecified atom stereocenters. The lowest BCUT2D eigenvalue weighted by Gasteiger charge is -2.12. The zero-order chi connectivity index (χ0) is 20.4. The van der Waals surface area contributed by atoms with Crippen molar-refractivity contribution >= 4 is 45.2 Å². The first-order chi connectivity index (χ1) is 13.5. The standard InChI is InChI=1S/C18H25N3O5S2/c1-26-10-5-8-19-14(22)12-28-18-20-13-7-11-27-16(13)17(25)21(18)9-4-2-3-6-15(23)24/h7,11H,2-6,8-10,12H2,1H3,(H,19,22)(H,23,24). The van der Waals surface area contributed by atoms with E-state index in [-0.39, 0.29) is 23.6 Å². The minimum atomic E-state index is -0.813. The molecule has 0 aromatic carbocycles. The van der Waals surface area contributed by atoms with Crippen LogP contribution in [0.15, 0.2) is 21.4 Å². The van der Waals surface area contributed by atoms with Crippen LogP contribution in [-0.2, 0) is 20.9 Å². The highest BCUT2D eigenvalue weighted by Crippen LogP contribution is 2.21. The van der Waals surface area contributed by atoms with E-state index in [9.17, 15) is 14.4 Å². The number of thioether (sulfide) groups is 1. The SMILES string of the molecule is COCCCNC(=O)CSc1nc2ccsc2c(=O)n1CCCCCC(=O)O. The number of nitrogens with one attached hydrogen (secondary N) is 1. The van der Waals surface area contributed by atoms with Gasteiger partial charge < -0.3 is 15.2 Å². The van der Waals surface area contributed by atoms with E-state index >= 15 is 0 Å². The number of ether oxygens (including phenoxy) is 1. The number of carbonyl (C=O) groups is 2. The van der Waals surface area contributed by atoms with Gasteiger partial charge in [0.05, 0.1) is 11.3 Å². The van der Waals surface area contributed by atoms with Crippen LogP contribution in [-0.4, -0.2) is 52.5 Å². The molecule has 1 amide bonds. The summed E-state index contributed by atoms with van der Waals surface area (Å²) in [5.74, 6) is -0.756. The summed E-state index contributed by atoms with van der Waals surface area (Å²) in [6, 6.07) is 1.80.